The summed E-state index contributed by atoms with van der Waals surface area (Å²) >= 11 is 0. The second-order valence-corrected chi connectivity index (χ2v) is 11.0. The molecule has 0 bridgehead atoms. The van der Waals surface area contributed by atoms with Crippen LogP contribution in [-0.2, 0) is 11.3 Å². The minimum absolute atomic E-state index is 0.144. The molecule has 42 heavy (non-hydrogen) atoms. The lowest BCUT2D eigenvalue weighted by Crippen LogP contribution is -2.51. The van der Waals surface area contributed by atoms with Gasteiger partial charge in [0.1, 0.15) is 11.5 Å². The van der Waals surface area contributed by atoms with Gasteiger partial charge in [-0.1, -0.05) is 32.3 Å². The molecule has 1 unspecified atom stereocenters. The molecule has 2 aromatic rings. The van der Waals surface area contributed by atoms with E-state index in [4.69, 9.17) is 9.47 Å². The molecule has 0 spiro atoms. The van der Waals surface area contributed by atoms with Gasteiger partial charge in [0.05, 0.1) is 20.8 Å². The number of nitrogens with zero attached hydrogens (tertiary/aromatic N) is 4. The van der Waals surface area contributed by atoms with Crippen molar-refractivity contribution in [1.29, 1.82) is 0 Å². The molecule has 226 valence electrons. The van der Waals surface area contributed by atoms with Gasteiger partial charge in [0.2, 0.25) is 17.7 Å². The maximum atomic E-state index is 15.2. The number of carbonyl (C=O) groups is 2. The number of urea groups is 1. The third kappa shape index (κ3) is 5.32. The molecule has 10 nitrogen and oxygen atoms in total. The molecule has 3 atom stereocenters. The van der Waals surface area contributed by atoms with Gasteiger partial charge in [0.15, 0.2) is 23.1 Å². The highest BCUT2D eigenvalue weighted by Crippen LogP contribution is 2.43. The number of benzene rings is 1. The maximum Gasteiger partial charge on any atom is 0.330 e. The Morgan fingerprint density at radius 3 is 2.31 bits per heavy atom. The number of carbonyl (C=O) groups excluding carboxylic acids is 2. The third-order valence-corrected chi connectivity index (χ3v) is 8.68. The summed E-state index contributed by atoms with van der Waals surface area (Å²) in [4.78, 5) is 36.5. The summed E-state index contributed by atoms with van der Waals surface area (Å²) in [6.45, 7) is 3.28. The van der Waals surface area contributed by atoms with Crippen LogP contribution < -0.4 is 29.9 Å². The zero-order valence-electron chi connectivity index (χ0n) is 23.9. The van der Waals surface area contributed by atoms with Gasteiger partial charge in [-0.05, 0) is 37.2 Å². The number of methoxy groups -OCH3 is 2. The van der Waals surface area contributed by atoms with Crippen LogP contribution in [0, 0.1) is 29.3 Å². The Hall–Kier alpha value is -4.03. The summed E-state index contributed by atoms with van der Waals surface area (Å²) in [7, 11) is 3.47. The highest BCUT2D eigenvalue weighted by Gasteiger charge is 2.39. The first-order valence-electron chi connectivity index (χ1n) is 14.1. The van der Waals surface area contributed by atoms with Gasteiger partial charge in [0, 0.05) is 30.9 Å². The second kappa shape index (κ2) is 12.1. The Bertz CT molecular complexity index is 1350. The molecule has 2 fully saturated rings. The molecule has 2 aliphatic carbocycles. The van der Waals surface area contributed by atoms with E-state index in [2.05, 4.69) is 27.2 Å². The monoisotopic (exact) mass is 588 g/mol. The van der Waals surface area contributed by atoms with Crippen LogP contribution in [-0.4, -0.2) is 55.3 Å². The minimum Gasteiger partial charge on any atom is -0.491 e. The van der Waals surface area contributed by atoms with Crippen LogP contribution in [0.5, 0.6) is 11.5 Å². The van der Waals surface area contributed by atoms with E-state index in [9.17, 15) is 14.0 Å². The highest BCUT2D eigenvalue weighted by molar-refractivity contribution is 6.05. The van der Waals surface area contributed by atoms with Gasteiger partial charge in [-0.3, -0.25) is 14.6 Å². The largest absolute Gasteiger partial charge is 0.491 e. The summed E-state index contributed by atoms with van der Waals surface area (Å²) in [5, 5.41) is 6.40. The van der Waals surface area contributed by atoms with Crippen LogP contribution in [0.15, 0.2) is 18.9 Å². The van der Waals surface area contributed by atoms with Gasteiger partial charge < -0.3 is 20.1 Å². The predicted octanol–water partition coefficient (Wildman–Crippen LogP) is 4.93. The SMILES string of the molecule is C=CC(=O)N[C@H]1CCC(C2CCCC2)C[C@H]1Nc1ncc2c(n1)N(C)C(=O)N(c1c(F)c(OC)c(F)c(OC)c1F)C2. The molecule has 3 amide bonds. The number of hydrogen-bond acceptors (Lipinski definition) is 7. The van der Waals surface area contributed by atoms with Crippen LogP contribution in [0.3, 0.4) is 0 Å². The Balaban J connectivity index is 1.42. The molecule has 1 aromatic heterocycles. The van der Waals surface area contributed by atoms with Crippen LogP contribution in [0.2, 0.25) is 0 Å². The van der Waals surface area contributed by atoms with E-state index in [1.165, 1.54) is 45.0 Å². The van der Waals surface area contributed by atoms with Crippen molar-refractivity contribution in [3.05, 3.63) is 41.9 Å². The molecule has 2 saturated carbocycles. The maximum absolute atomic E-state index is 15.2. The van der Waals surface area contributed by atoms with Crippen LogP contribution in [0.4, 0.5) is 35.4 Å². The first-order valence-corrected chi connectivity index (χ1v) is 14.1. The smallest absolute Gasteiger partial charge is 0.330 e. The molecule has 3 aliphatic rings. The van der Waals surface area contributed by atoms with E-state index < -0.39 is 40.7 Å². The van der Waals surface area contributed by atoms with E-state index in [1.54, 1.807) is 0 Å². The molecule has 5 rings (SSSR count). The lowest BCUT2D eigenvalue weighted by atomic mass is 9.75. The zero-order chi connectivity index (χ0) is 30.1. The van der Waals surface area contributed by atoms with Gasteiger partial charge >= 0.3 is 6.03 Å². The van der Waals surface area contributed by atoms with Gasteiger partial charge in [-0.25, -0.2) is 18.6 Å². The fourth-order valence-corrected chi connectivity index (χ4v) is 6.56. The number of fused-ring (bicyclic) bond motifs is 1. The molecular formula is C29H35F3N6O4. The van der Waals surface area contributed by atoms with Crippen molar-refractivity contribution in [3.8, 4) is 11.5 Å². The lowest BCUT2D eigenvalue weighted by Gasteiger charge is -2.39. The van der Waals surface area contributed by atoms with Crippen LogP contribution >= 0.6 is 0 Å². The Morgan fingerprint density at radius 1 is 1.02 bits per heavy atom. The fourth-order valence-electron chi connectivity index (χ4n) is 6.56. The van der Waals surface area contributed by atoms with Crippen molar-refractivity contribution in [2.75, 3.05) is 36.4 Å². The lowest BCUT2D eigenvalue weighted by molar-refractivity contribution is -0.117. The summed E-state index contributed by atoms with van der Waals surface area (Å²) in [5.74, 6) is -4.40. The number of halogens is 3. The number of amides is 3. The van der Waals surface area contributed by atoms with E-state index in [-0.39, 0.29) is 36.3 Å². The summed E-state index contributed by atoms with van der Waals surface area (Å²) in [5.41, 5.74) is -0.400. The highest BCUT2D eigenvalue weighted by atomic mass is 19.1. The van der Waals surface area contributed by atoms with Crippen molar-refractivity contribution >= 4 is 29.4 Å². The number of anilines is 3. The minimum atomic E-state index is -1.38. The summed E-state index contributed by atoms with van der Waals surface area (Å²) in [6.07, 6.45) is 10.3. The van der Waals surface area contributed by atoms with Crippen molar-refractivity contribution in [1.82, 2.24) is 15.3 Å². The van der Waals surface area contributed by atoms with Crippen molar-refractivity contribution < 1.29 is 32.2 Å². The molecule has 0 saturated heterocycles. The van der Waals surface area contributed by atoms with E-state index in [0.717, 1.165) is 43.3 Å². The number of hydrogen-bond donors (Lipinski definition) is 2. The Labute approximate surface area is 242 Å². The van der Waals surface area contributed by atoms with Crippen molar-refractivity contribution in [2.24, 2.45) is 11.8 Å². The second-order valence-electron chi connectivity index (χ2n) is 11.0. The van der Waals surface area contributed by atoms with Crippen molar-refractivity contribution in [2.45, 2.75) is 63.6 Å². The van der Waals surface area contributed by atoms with Crippen molar-refractivity contribution in [3.63, 3.8) is 0 Å². The van der Waals surface area contributed by atoms with Crippen LogP contribution in [0.25, 0.3) is 0 Å². The number of rotatable bonds is 8. The third-order valence-electron chi connectivity index (χ3n) is 8.68. The summed E-state index contributed by atoms with van der Waals surface area (Å²) in [6, 6.07) is -1.09. The molecule has 0 radical (unpaired) electrons. The fraction of sp³-hybridized carbons (Fsp3) is 0.517. The van der Waals surface area contributed by atoms with Gasteiger partial charge in [-0.15, -0.1) is 0 Å². The van der Waals surface area contributed by atoms with E-state index >= 15 is 8.78 Å². The quantitative estimate of drug-likeness (QED) is 0.421. The molecule has 1 aromatic carbocycles. The Kier molecular flexibility index (Phi) is 8.46. The normalized spacial score (nSPS) is 22.5. The molecule has 2 heterocycles. The van der Waals surface area contributed by atoms with Gasteiger partial charge in [-0.2, -0.15) is 9.37 Å². The van der Waals surface area contributed by atoms with E-state index in [0.29, 0.717) is 17.4 Å². The van der Waals surface area contributed by atoms with Gasteiger partial charge in [0.25, 0.3) is 0 Å². The predicted molar refractivity (Wildman–Crippen MR) is 150 cm³/mol. The topological polar surface area (TPSA) is 109 Å². The summed E-state index contributed by atoms with van der Waals surface area (Å²) < 4.78 is 54.6. The average molecular weight is 589 g/mol. The van der Waals surface area contributed by atoms with Crippen LogP contribution in [0.1, 0.15) is 50.5 Å². The molecular weight excluding hydrogens is 553 g/mol. The Morgan fingerprint density at radius 2 is 1.69 bits per heavy atom. The number of aromatic nitrogens is 2. The molecule has 2 N–H and O–H groups in total. The first-order chi connectivity index (χ1) is 20.2. The zero-order valence-corrected chi connectivity index (χ0v) is 23.9. The molecule has 13 heteroatoms. The number of ether oxygens (including phenoxy) is 2. The number of nitrogens with one attached hydrogen (secondary N) is 2. The average Bonchev–Trinajstić information content (AvgIpc) is 3.52. The van der Waals surface area contributed by atoms with E-state index in [1.807, 2.05) is 0 Å². The first kappa shape index (κ1) is 29.5. The molecule has 1 aliphatic heterocycles. The standard InChI is InChI=1S/C29H35F3N6O4/c1-5-20(39)34-18-11-10-16(15-8-6-7-9-15)12-19(18)35-28-33-13-17-14-38(29(40)37(2)27(17)36-28)24-21(30)25(41-3)23(32)26(42-4)22(24)31/h5,13,15-16,18-19H,1,6-12,14H2,2-4H3,(H,34,39)(H,33,35,36)/t16?,18-,19+/m0/s1.